The number of carbonyl (C=O) groups excluding carboxylic acids is 3. The lowest BCUT2D eigenvalue weighted by Gasteiger charge is -2.33. The number of aryl methyl sites for hydroxylation is 3. The summed E-state index contributed by atoms with van der Waals surface area (Å²) in [6.07, 6.45) is 13.0. The monoisotopic (exact) mass is 901 g/mol. The summed E-state index contributed by atoms with van der Waals surface area (Å²) in [5, 5.41) is 19.1. The molecule has 10 heteroatoms. The van der Waals surface area contributed by atoms with Crippen LogP contribution in [-0.2, 0) is 47.9 Å². The van der Waals surface area contributed by atoms with Crippen molar-refractivity contribution in [3.63, 3.8) is 0 Å². The Kier molecular flexibility index (Phi) is 20.9. The molecule has 3 aromatic rings. The van der Waals surface area contributed by atoms with Crippen LogP contribution in [0.2, 0.25) is 0 Å². The van der Waals surface area contributed by atoms with Crippen LogP contribution >= 0.6 is 0 Å². The zero-order valence-corrected chi connectivity index (χ0v) is 40.0. The number of nitriles is 2. The van der Waals surface area contributed by atoms with Crippen molar-refractivity contribution in [2.45, 2.75) is 137 Å². The average Bonchev–Trinajstić information content (AvgIpc) is 3.31. The molecule has 0 radical (unpaired) electrons. The zero-order chi connectivity index (χ0) is 48.2. The number of esters is 3. The molecule has 0 amide bonds. The van der Waals surface area contributed by atoms with Crippen LogP contribution in [0.4, 0.5) is 4.39 Å². The Morgan fingerprint density at radius 2 is 1.18 bits per heavy atom. The molecule has 0 N–H and O–H groups in total. The molecule has 352 valence electrons. The van der Waals surface area contributed by atoms with Gasteiger partial charge in [0.1, 0.15) is 43.4 Å². The highest BCUT2D eigenvalue weighted by atomic mass is 19.1. The molecule has 0 aromatic heterocycles. The highest BCUT2D eigenvalue weighted by molar-refractivity contribution is 5.88. The third kappa shape index (κ3) is 15.3. The van der Waals surface area contributed by atoms with E-state index in [-0.39, 0.29) is 49.0 Å². The summed E-state index contributed by atoms with van der Waals surface area (Å²) in [4.78, 5) is 38.2. The Balaban J connectivity index is 1.75. The number of benzene rings is 3. The van der Waals surface area contributed by atoms with Gasteiger partial charge in [-0.2, -0.15) is 10.5 Å². The van der Waals surface area contributed by atoms with Crippen LogP contribution < -0.4 is 4.74 Å². The summed E-state index contributed by atoms with van der Waals surface area (Å²) < 4.78 is 39.7. The third-order valence-electron chi connectivity index (χ3n) is 12.4. The Morgan fingerprint density at radius 1 is 0.667 bits per heavy atom. The SMILES string of the molecule is C=C(C)C(=O)OCC(COC(=O)C(=C)C)(COC(=O)C(=C)C)COc1c(CCCC#N)cc(-c2ccc(-c3ccc(C4CCC(CCCCC)CC4)cc3F)cc2CC)cc1CCCC#N. The molecule has 1 saturated carbocycles. The van der Waals surface area contributed by atoms with Crippen molar-refractivity contribution in [1.29, 1.82) is 10.5 Å². The first-order chi connectivity index (χ1) is 31.6. The topological polar surface area (TPSA) is 136 Å². The van der Waals surface area contributed by atoms with Gasteiger partial charge in [0, 0.05) is 35.1 Å². The van der Waals surface area contributed by atoms with Crippen LogP contribution in [0.25, 0.3) is 22.3 Å². The number of nitrogens with zero attached hydrogens (tertiary/aromatic N) is 2. The van der Waals surface area contributed by atoms with Crippen molar-refractivity contribution < 1.29 is 37.7 Å². The first kappa shape index (κ1) is 52.6. The molecular formula is C56H69FN2O7. The first-order valence-electron chi connectivity index (χ1n) is 23.6. The van der Waals surface area contributed by atoms with Gasteiger partial charge < -0.3 is 18.9 Å². The highest BCUT2D eigenvalue weighted by Crippen LogP contribution is 2.41. The van der Waals surface area contributed by atoms with Crippen molar-refractivity contribution in [1.82, 2.24) is 0 Å². The van der Waals surface area contributed by atoms with Gasteiger partial charge in [0.25, 0.3) is 0 Å². The van der Waals surface area contributed by atoms with E-state index in [2.05, 4.69) is 57.9 Å². The second-order valence-corrected chi connectivity index (χ2v) is 18.2. The minimum absolute atomic E-state index is 0.140. The van der Waals surface area contributed by atoms with Crippen molar-refractivity contribution in [2.24, 2.45) is 11.3 Å². The fourth-order valence-electron chi connectivity index (χ4n) is 8.51. The van der Waals surface area contributed by atoms with Gasteiger partial charge in [0.15, 0.2) is 0 Å². The summed E-state index contributed by atoms with van der Waals surface area (Å²) in [6, 6.07) is 20.4. The molecule has 1 aliphatic rings. The van der Waals surface area contributed by atoms with E-state index in [9.17, 15) is 24.9 Å². The predicted molar refractivity (Wildman–Crippen MR) is 258 cm³/mol. The largest absolute Gasteiger partial charge is 0.492 e. The van der Waals surface area contributed by atoms with Gasteiger partial charge in [0.2, 0.25) is 0 Å². The highest BCUT2D eigenvalue weighted by Gasteiger charge is 2.38. The molecule has 66 heavy (non-hydrogen) atoms. The maximum Gasteiger partial charge on any atom is 0.333 e. The molecule has 0 unspecified atom stereocenters. The fraction of sp³-hybridized carbons (Fsp3) is 0.482. The summed E-state index contributed by atoms with van der Waals surface area (Å²) in [5.74, 6) is -0.633. The molecule has 0 saturated heterocycles. The van der Waals surface area contributed by atoms with Crippen LogP contribution in [-0.4, -0.2) is 44.3 Å². The fourth-order valence-corrected chi connectivity index (χ4v) is 8.51. The zero-order valence-electron chi connectivity index (χ0n) is 40.0. The number of rotatable bonds is 26. The van der Waals surface area contributed by atoms with Gasteiger partial charge >= 0.3 is 17.9 Å². The number of halogens is 1. The molecule has 0 bridgehead atoms. The second kappa shape index (κ2) is 26.2. The van der Waals surface area contributed by atoms with Crippen LogP contribution in [0, 0.1) is 39.8 Å². The van der Waals surface area contributed by atoms with E-state index in [1.807, 2.05) is 30.3 Å². The Labute approximate surface area is 392 Å². The summed E-state index contributed by atoms with van der Waals surface area (Å²) in [5.41, 5.74) is 5.93. The first-order valence-corrected chi connectivity index (χ1v) is 23.6. The Hall–Kier alpha value is -6.00. The molecule has 0 spiro atoms. The maximum absolute atomic E-state index is 16.1. The van der Waals surface area contributed by atoms with Crippen LogP contribution in [0.5, 0.6) is 5.75 Å². The molecule has 0 atom stereocenters. The van der Waals surface area contributed by atoms with Gasteiger partial charge in [-0.25, -0.2) is 18.8 Å². The van der Waals surface area contributed by atoms with Gasteiger partial charge in [-0.1, -0.05) is 89.6 Å². The quantitative estimate of drug-likeness (QED) is 0.0334. The maximum atomic E-state index is 16.1. The Bertz CT molecular complexity index is 2180. The van der Waals surface area contributed by atoms with Crippen LogP contribution in [0.3, 0.4) is 0 Å². The number of hydrogen-bond acceptors (Lipinski definition) is 9. The van der Waals surface area contributed by atoms with Gasteiger partial charge in [-0.05, 0) is 148 Å². The normalized spacial score (nSPS) is 14.6. The van der Waals surface area contributed by atoms with E-state index >= 15 is 4.39 Å². The minimum Gasteiger partial charge on any atom is -0.492 e. The average molecular weight is 901 g/mol. The van der Waals surface area contributed by atoms with Crippen molar-refractivity contribution >= 4 is 17.9 Å². The third-order valence-corrected chi connectivity index (χ3v) is 12.4. The van der Waals surface area contributed by atoms with E-state index < -0.39 is 23.3 Å². The molecule has 1 fully saturated rings. The number of carbonyl (C=O) groups is 3. The van der Waals surface area contributed by atoms with E-state index in [1.165, 1.54) is 59.3 Å². The standard InChI is InChI=1S/C56H69FN2O7/c1-9-11-12-17-41-20-22-43(23-21-41)44-24-27-50(51(57)33-44)45-25-26-49(42(10-2)30-45)48-31-46(18-13-15-28-58)52(47(32-48)19-14-16-29-59)63-34-56(35-64-53(60)38(3)4,36-65-54(61)39(5)6)37-66-55(62)40(7)8/h24-27,30-33,41,43H,3,5,7,9-23,34-37H2,1-2,4,6,8H3. The van der Waals surface area contributed by atoms with E-state index in [0.29, 0.717) is 62.2 Å². The number of ether oxygens (including phenoxy) is 4. The molecule has 4 rings (SSSR count). The van der Waals surface area contributed by atoms with Crippen LogP contribution in [0.15, 0.2) is 85.0 Å². The van der Waals surface area contributed by atoms with E-state index in [1.54, 1.807) is 6.07 Å². The van der Waals surface area contributed by atoms with Gasteiger partial charge in [-0.15, -0.1) is 0 Å². The van der Waals surface area contributed by atoms with Gasteiger partial charge in [-0.3, -0.25) is 0 Å². The molecule has 0 aliphatic heterocycles. The lowest BCUT2D eigenvalue weighted by Crippen LogP contribution is -2.44. The summed E-state index contributed by atoms with van der Waals surface area (Å²) in [7, 11) is 0. The van der Waals surface area contributed by atoms with Crippen molar-refractivity contribution in [3.8, 4) is 40.1 Å². The molecule has 9 nitrogen and oxygen atoms in total. The predicted octanol–water partition coefficient (Wildman–Crippen LogP) is 13.0. The minimum atomic E-state index is -1.40. The Morgan fingerprint density at radius 3 is 1.65 bits per heavy atom. The van der Waals surface area contributed by atoms with E-state index in [4.69, 9.17) is 18.9 Å². The number of hydrogen-bond donors (Lipinski definition) is 0. The van der Waals surface area contributed by atoms with Crippen molar-refractivity contribution in [3.05, 3.63) is 113 Å². The van der Waals surface area contributed by atoms with Crippen LogP contribution in [0.1, 0.15) is 140 Å². The van der Waals surface area contributed by atoms with Crippen molar-refractivity contribution in [2.75, 3.05) is 26.4 Å². The molecule has 1 aliphatic carbocycles. The summed E-state index contributed by atoms with van der Waals surface area (Å²) >= 11 is 0. The lowest BCUT2D eigenvalue weighted by atomic mass is 9.77. The number of unbranched alkanes of at least 4 members (excludes halogenated alkanes) is 4. The second-order valence-electron chi connectivity index (χ2n) is 18.2. The smallest absolute Gasteiger partial charge is 0.333 e. The lowest BCUT2D eigenvalue weighted by molar-refractivity contribution is -0.159. The van der Waals surface area contributed by atoms with Gasteiger partial charge in [0.05, 0.1) is 12.1 Å². The molecule has 0 heterocycles. The molecular weight excluding hydrogens is 832 g/mol. The van der Waals surface area contributed by atoms with E-state index in [0.717, 1.165) is 57.7 Å². The molecule has 3 aromatic carbocycles. The summed E-state index contributed by atoms with van der Waals surface area (Å²) in [6.45, 7) is 18.5.